The van der Waals surface area contributed by atoms with E-state index in [1.165, 1.54) is 6.07 Å². The van der Waals surface area contributed by atoms with Gasteiger partial charge in [-0.3, -0.25) is 4.79 Å². The van der Waals surface area contributed by atoms with Gasteiger partial charge in [0.15, 0.2) is 0 Å². The summed E-state index contributed by atoms with van der Waals surface area (Å²) in [6.45, 7) is 5.28. The summed E-state index contributed by atoms with van der Waals surface area (Å²) in [4.78, 5) is 11.7. The maximum absolute atomic E-state index is 12.0. The fraction of sp³-hybridized carbons (Fsp3) is 0.417. The van der Waals surface area contributed by atoms with Crippen molar-refractivity contribution in [2.45, 2.75) is 37.6 Å². The summed E-state index contributed by atoms with van der Waals surface area (Å²) in [5.41, 5.74) is 1.42. The molecule has 2 rings (SSSR count). The molecule has 1 atom stereocenters. The number of benzene rings is 1. The number of nitrogens with one attached hydrogen (secondary N) is 2. The van der Waals surface area contributed by atoms with E-state index in [2.05, 4.69) is 10.0 Å². The van der Waals surface area contributed by atoms with Crippen molar-refractivity contribution in [2.75, 3.05) is 5.32 Å². The van der Waals surface area contributed by atoms with Crippen LogP contribution in [0.4, 0.5) is 5.69 Å². The third-order valence-corrected chi connectivity index (χ3v) is 4.50. The summed E-state index contributed by atoms with van der Waals surface area (Å²) in [5, 5.41) is 2.71. The molecule has 18 heavy (non-hydrogen) atoms. The van der Waals surface area contributed by atoms with Crippen LogP contribution in [0, 0.1) is 0 Å². The highest BCUT2D eigenvalue weighted by molar-refractivity contribution is 7.89. The molecule has 0 bridgehead atoms. The first-order chi connectivity index (χ1) is 8.31. The first kappa shape index (κ1) is 13.0. The van der Waals surface area contributed by atoms with Gasteiger partial charge in [0, 0.05) is 11.7 Å². The van der Waals surface area contributed by atoms with Gasteiger partial charge in [0.25, 0.3) is 0 Å². The van der Waals surface area contributed by atoms with E-state index in [9.17, 15) is 13.2 Å². The van der Waals surface area contributed by atoms with Crippen LogP contribution in [0.15, 0.2) is 23.1 Å². The van der Waals surface area contributed by atoms with Crippen molar-refractivity contribution in [2.24, 2.45) is 0 Å². The third kappa shape index (κ3) is 2.26. The molecule has 2 N–H and O–H groups in total. The van der Waals surface area contributed by atoms with Crippen LogP contribution in [0.3, 0.4) is 0 Å². The predicted octanol–water partition coefficient (Wildman–Crippen LogP) is 1.43. The Kier molecular flexibility index (Phi) is 3.16. The average molecular weight is 268 g/mol. The molecule has 6 heteroatoms. The number of hydrogen-bond donors (Lipinski definition) is 2. The van der Waals surface area contributed by atoms with Gasteiger partial charge >= 0.3 is 0 Å². The topological polar surface area (TPSA) is 75.3 Å². The van der Waals surface area contributed by atoms with Crippen molar-refractivity contribution in [3.8, 4) is 0 Å². The summed E-state index contributed by atoms with van der Waals surface area (Å²) in [7, 11) is -3.51. The zero-order chi connectivity index (χ0) is 13.5. The first-order valence-corrected chi connectivity index (χ1v) is 7.26. The van der Waals surface area contributed by atoms with Crippen LogP contribution in [-0.4, -0.2) is 20.4 Å². The lowest BCUT2D eigenvalue weighted by Gasteiger charge is -2.11. The molecule has 5 nitrogen and oxygen atoms in total. The minimum absolute atomic E-state index is 0.101. The third-order valence-electron chi connectivity index (χ3n) is 2.84. The van der Waals surface area contributed by atoms with E-state index in [1.807, 2.05) is 0 Å². The SMILES string of the molecule is CC(C)NS(=O)(=O)c1ccc2c(c1)[C@H](C)C(=O)N2. The molecule has 1 aliphatic heterocycles. The van der Waals surface area contributed by atoms with E-state index in [-0.39, 0.29) is 22.8 Å². The number of rotatable bonds is 3. The second kappa shape index (κ2) is 4.37. The molecule has 0 spiro atoms. The van der Waals surface area contributed by atoms with E-state index >= 15 is 0 Å². The van der Waals surface area contributed by atoms with Crippen LogP contribution in [0.2, 0.25) is 0 Å². The number of amides is 1. The summed E-state index contributed by atoms with van der Waals surface area (Å²) in [5.74, 6) is -0.412. The molecule has 1 aliphatic rings. The highest BCUT2D eigenvalue weighted by Crippen LogP contribution is 2.33. The predicted molar refractivity (Wildman–Crippen MR) is 68.9 cm³/mol. The van der Waals surface area contributed by atoms with Crippen molar-refractivity contribution in [1.82, 2.24) is 4.72 Å². The highest BCUT2D eigenvalue weighted by Gasteiger charge is 2.28. The van der Waals surface area contributed by atoms with Gasteiger partial charge < -0.3 is 5.32 Å². The minimum Gasteiger partial charge on any atom is -0.325 e. The van der Waals surface area contributed by atoms with Crippen molar-refractivity contribution in [3.63, 3.8) is 0 Å². The molecule has 0 fully saturated rings. The van der Waals surface area contributed by atoms with Gasteiger partial charge in [-0.05, 0) is 44.5 Å². The van der Waals surface area contributed by atoms with Crippen LogP contribution in [-0.2, 0) is 14.8 Å². The Morgan fingerprint density at radius 3 is 2.61 bits per heavy atom. The van der Waals surface area contributed by atoms with Crippen LogP contribution in [0.5, 0.6) is 0 Å². The largest absolute Gasteiger partial charge is 0.325 e. The number of fused-ring (bicyclic) bond motifs is 1. The van der Waals surface area contributed by atoms with Gasteiger partial charge in [-0.1, -0.05) is 0 Å². The van der Waals surface area contributed by atoms with E-state index in [4.69, 9.17) is 0 Å². The van der Waals surface area contributed by atoms with E-state index < -0.39 is 10.0 Å². The molecule has 0 saturated carbocycles. The van der Waals surface area contributed by atoms with Gasteiger partial charge in [-0.25, -0.2) is 13.1 Å². The summed E-state index contributed by atoms with van der Waals surface area (Å²) >= 11 is 0. The second-order valence-electron chi connectivity index (χ2n) is 4.74. The standard InChI is InChI=1S/C12H16N2O3S/c1-7(2)14-18(16,17)9-4-5-11-10(6-9)8(3)12(15)13-11/h4-8,14H,1-3H3,(H,13,15)/t8-/m0/s1. The summed E-state index contributed by atoms with van der Waals surface area (Å²) < 4.78 is 26.5. The van der Waals surface area contributed by atoms with Gasteiger partial charge in [0.2, 0.25) is 15.9 Å². The number of sulfonamides is 1. The van der Waals surface area contributed by atoms with Crippen molar-refractivity contribution >= 4 is 21.6 Å². The van der Waals surface area contributed by atoms with Gasteiger partial charge in [-0.15, -0.1) is 0 Å². The van der Waals surface area contributed by atoms with Crippen LogP contribution < -0.4 is 10.0 Å². The van der Waals surface area contributed by atoms with Gasteiger partial charge in [0.1, 0.15) is 0 Å². The fourth-order valence-corrected chi connectivity index (χ4v) is 3.23. The Balaban J connectivity index is 2.42. The lowest BCUT2D eigenvalue weighted by atomic mass is 10.0. The molecule has 0 radical (unpaired) electrons. The zero-order valence-corrected chi connectivity index (χ0v) is 11.3. The van der Waals surface area contributed by atoms with Gasteiger partial charge in [-0.2, -0.15) is 0 Å². The summed E-state index contributed by atoms with van der Waals surface area (Å²) in [6, 6.07) is 4.52. The fourth-order valence-electron chi connectivity index (χ4n) is 1.94. The van der Waals surface area contributed by atoms with Crippen molar-refractivity contribution < 1.29 is 13.2 Å². The summed E-state index contributed by atoms with van der Waals surface area (Å²) in [6.07, 6.45) is 0. The Morgan fingerprint density at radius 1 is 1.33 bits per heavy atom. The minimum atomic E-state index is -3.51. The Bertz CT molecular complexity index is 593. The van der Waals surface area contributed by atoms with Crippen molar-refractivity contribution in [3.05, 3.63) is 23.8 Å². The molecular formula is C12H16N2O3S. The van der Waals surface area contributed by atoms with Gasteiger partial charge in [0.05, 0.1) is 10.8 Å². The Hall–Kier alpha value is -1.40. The number of carbonyl (C=O) groups is 1. The molecule has 0 aliphatic carbocycles. The molecule has 0 unspecified atom stereocenters. The zero-order valence-electron chi connectivity index (χ0n) is 10.5. The average Bonchev–Trinajstić information content (AvgIpc) is 2.53. The quantitative estimate of drug-likeness (QED) is 0.870. The lowest BCUT2D eigenvalue weighted by Crippen LogP contribution is -2.30. The normalized spacial score (nSPS) is 18.9. The number of carbonyl (C=O) groups excluding carboxylic acids is 1. The Morgan fingerprint density at radius 2 is 2.00 bits per heavy atom. The van der Waals surface area contributed by atoms with E-state index in [0.717, 1.165) is 5.56 Å². The molecule has 1 amide bonds. The highest BCUT2D eigenvalue weighted by atomic mass is 32.2. The molecule has 0 saturated heterocycles. The monoisotopic (exact) mass is 268 g/mol. The Labute approximate surface area is 107 Å². The van der Waals surface area contributed by atoms with Crippen LogP contribution in [0.25, 0.3) is 0 Å². The molecule has 1 heterocycles. The van der Waals surface area contributed by atoms with Crippen LogP contribution >= 0.6 is 0 Å². The number of hydrogen-bond acceptors (Lipinski definition) is 3. The lowest BCUT2D eigenvalue weighted by molar-refractivity contribution is -0.116. The molecule has 0 aromatic heterocycles. The second-order valence-corrected chi connectivity index (χ2v) is 6.45. The van der Waals surface area contributed by atoms with Crippen LogP contribution in [0.1, 0.15) is 32.3 Å². The van der Waals surface area contributed by atoms with E-state index in [0.29, 0.717) is 5.69 Å². The molecule has 1 aromatic carbocycles. The molecular weight excluding hydrogens is 252 g/mol. The smallest absolute Gasteiger partial charge is 0.240 e. The maximum Gasteiger partial charge on any atom is 0.240 e. The maximum atomic E-state index is 12.0. The molecule has 98 valence electrons. The first-order valence-electron chi connectivity index (χ1n) is 5.78. The van der Waals surface area contributed by atoms with Crippen molar-refractivity contribution in [1.29, 1.82) is 0 Å². The molecule has 1 aromatic rings. The number of anilines is 1. The van der Waals surface area contributed by atoms with E-state index in [1.54, 1.807) is 32.9 Å².